The van der Waals surface area contributed by atoms with E-state index in [9.17, 15) is 5.11 Å². The summed E-state index contributed by atoms with van der Waals surface area (Å²) in [5.41, 5.74) is 7.30. The lowest BCUT2D eigenvalue weighted by molar-refractivity contribution is 0.186. The van der Waals surface area contributed by atoms with Crippen LogP contribution in [0.1, 0.15) is 35.7 Å². The fourth-order valence-corrected chi connectivity index (χ4v) is 1.82. The highest BCUT2D eigenvalue weighted by Gasteiger charge is 2.19. The highest BCUT2D eigenvalue weighted by molar-refractivity contribution is 5.47. The van der Waals surface area contributed by atoms with Crippen LogP contribution < -0.4 is 5.73 Å². The van der Waals surface area contributed by atoms with Gasteiger partial charge in [-0.05, 0) is 30.7 Å². The maximum Gasteiger partial charge on any atom is 0.140 e. The van der Waals surface area contributed by atoms with Gasteiger partial charge >= 0.3 is 0 Å². The van der Waals surface area contributed by atoms with Gasteiger partial charge in [0.25, 0.3) is 0 Å². The van der Waals surface area contributed by atoms with Gasteiger partial charge in [-0.25, -0.2) is 4.98 Å². The molecule has 0 saturated carbocycles. The lowest BCUT2D eigenvalue weighted by Gasteiger charge is -2.13. The van der Waals surface area contributed by atoms with Gasteiger partial charge < -0.3 is 15.3 Å². The van der Waals surface area contributed by atoms with Crippen LogP contribution in [0.25, 0.3) is 0 Å². The summed E-state index contributed by atoms with van der Waals surface area (Å²) in [7, 11) is 0. The number of nitrogens with zero attached hydrogens (tertiary/aromatic N) is 1. The van der Waals surface area contributed by atoms with Crippen LogP contribution in [-0.2, 0) is 6.42 Å². The molecule has 0 aliphatic rings. The van der Waals surface area contributed by atoms with Gasteiger partial charge in [0.2, 0.25) is 0 Å². The molecular weight excluding hydrogens is 216 g/mol. The van der Waals surface area contributed by atoms with Crippen molar-refractivity contribution in [3.8, 4) is 0 Å². The van der Waals surface area contributed by atoms with Crippen molar-refractivity contribution in [3.63, 3.8) is 0 Å². The minimum atomic E-state index is -0.857. The Balaban J connectivity index is 2.39. The summed E-state index contributed by atoms with van der Waals surface area (Å²) in [4.78, 5) is 3.99. The van der Waals surface area contributed by atoms with Crippen LogP contribution >= 0.6 is 0 Å². The van der Waals surface area contributed by atoms with Crippen molar-refractivity contribution in [1.82, 2.24) is 4.98 Å². The van der Waals surface area contributed by atoms with E-state index in [0.717, 1.165) is 17.7 Å². The second kappa shape index (κ2) is 4.59. The van der Waals surface area contributed by atoms with Crippen LogP contribution in [0, 0.1) is 6.92 Å². The molecule has 17 heavy (non-hydrogen) atoms. The van der Waals surface area contributed by atoms with E-state index in [4.69, 9.17) is 10.2 Å². The van der Waals surface area contributed by atoms with Crippen LogP contribution in [0.15, 0.2) is 28.8 Å². The molecule has 90 valence electrons. The van der Waals surface area contributed by atoms with Crippen molar-refractivity contribution in [3.05, 3.63) is 47.0 Å². The Bertz CT molecular complexity index is 500. The second-order valence-corrected chi connectivity index (χ2v) is 3.99. The van der Waals surface area contributed by atoms with Crippen LogP contribution in [0.3, 0.4) is 0 Å². The van der Waals surface area contributed by atoms with Gasteiger partial charge in [0.05, 0.1) is 0 Å². The first-order chi connectivity index (χ1) is 8.13. The smallest absolute Gasteiger partial charge is 0.140 e. The first-order valence-electron chi connectivity index (χ1n) is 5.61. The zero-order chi connectivity index (χ0) is 12.4. The second-order valence-electron chi connectivity index (χ2n) is 3.99. The molecule has 4 nitrogen and oxygen atoms in total. The third-order valence-corrected chi connectivity index (χ3v) is 2.81. The van der Waals surface area contributed by atoms with E-state index < -0.39 is 6.10 Å². The number of nitrogen functional groups attached to an aromatic ring is 1. The highest BCUT2D eigenvalue weighted by atomic mass is 16.4. The van der Waals surface area contributed by atoms with E-state index in [1.54, 1.807) is 12.3 Å². The van der Waals surface area contributed by atoms with Gasteiger partial charge in [-0.15, -0.1) is 0 Å². The Kier molecular flexibility index (Phi) is 3.15. The molecule has 1 atom stereocenters. The Labute approximate surface area is 100 Å². The molecule has 0 amide bonds. The average Bonchev–Trinajstić information content (AvgIpc) is 2.77. The number of pyridine rings is 1. The van der Waals surface area contributed by atoms with Gasteiger partial charge in [0.15, 0.2) is 0 Å². The van der Waals surface area contributed by atoms with Crippen molar-refractivity contribution in [1.29, 1.82) is 0 Å². The van der Waals surface area contributed by atoms with Crippen molar-refractivity contribution in [2.75, 3.05) is 5.73 Å². The Hall–Kier alpha value is -1.81. The standard InChI is InChI=1S/C13H16N2O2/c1-3-9-4-5-10(17-9)12(16)11-8(2)6-7-15-13(11)14/h4-7,12,16H,3H2,1-2H3,(H2,14,15). The zero-order valence-corrected chi connectivity index (χ0v) is 9.97. The Morgan fingerprint density at radius 1 is 1.41 bits per heavy atom. The normalized spacial score (nSPS) is 12.6. The highest BCUT2D eigenvalue weighted by Crippen LogP contribution is 2.29. The zero-order valence-electron chi connectivity index (χ0n) is 9.97. The van der Waals surface area contributed by atoms with E-state index in [2.05, 4.69) is 4.98 Å². The third kappa shape index (κ3) is 2.17. The van der Waals surface area contributed by atoms with E-state index in [1.807, 2.05) is 26.0 Å². The van der Waals surface area contributed by atoms with Crippen molar-refractivity contribution < 1.29 is 9.52 Å². The SMILES string of the molecule is CCc1ccc(C(O)c2c(C)ccnc2N)o1. The number of anilines is 1. The maximum absolute atomic E-state index is 10.2. The lowest BCUT2D eigenvalue weighted by atomic mass is 10.0. The minimum absolute atomic E-state index is 0.340. The van der Waals surface area contributed by atoms with Gasteiger partial charge in [-0.2, -0.15) is 0 Å². The molecular formula is C13H16N2O2. The molecule has 0 bridgehead atoms. The number of aromatic nitrogens is 1. The monoisotopic (exact) mass is 232 g/mol. The molecule has 0 saturated heterocycles. The summed E-state index contributed by atoms with van der Waals surface area (Å²) in [5.74, 6) is 1.69. The van der Waals surface area contributed by atoms with E-state index >= 15 is 0 Å². The summed E-state index contributed by atoms with van der Waals surface area (Å²) < 4.78 is 5.53. The minimum Gasteiger partial charge on any atom is -0.463 e. The van der Waals surface area contributed by atoms with E-state index in [-0.39, 0.29) is 0 Å². The number of aryl methyl sites for hydroxylation is 2. The topological polar surface area (TPSA) is 72.3 Å². The fraction of sp³-hybridized carbons (Fsp3) is 0.308. The molecule has 0 fully saturated rings. The molecule has 4 heteroatoms. The van der Waals surface area contributed by atoms with Crippen molar-refractivity contribution in [2.24, 2.45) is 0 Å². The number of furan rings is 1. The average molecular weight is 232 g/mol. The molecule has 1 unspecified atom stereocenters. The molecule has 0 aliphatic heterocycles. The van der Waals surface area contributed by atoms with Gasteiger partial charge in [0, 0.05) is 18.2 Å². The van der Waals surface area contributed by atoms with Crippen LogP contribution in [0.5, 0.6) is 0 Å². The number of nitrogens with two attached hydrogens (primary N) is 1. The number of aliphatic hydroxyl groups is 1. The van der Waals surface area contributed by atoms with Gasteiger partial charge in [0.1, 0.15) is 23.4 Å². The summed E-state index contributed by atoms with van der Waals surface area (Å²) in [6.45, 7) is 3.89. The van der Waals surface area contributed by atoms with Crippen molar-refractivity contribution in [2.45, 2.75) is 26.4 Å². The van der Waals surface area contributed by atoms with E-state index in [1.165, 1.54) is 0 Å². The quantitative estimate of drug-likeness (QED) is 0.851. The molecule has 3 N–H and O–H groups in total. The molecule has 2 heterocycles. The fourth-order valence-electron chi connectivity index (χ4n) is 1.82. The Morgan fingerprint density at radius 3 is 2.76 bits per heavy atom. The number of rotatable bonds is 3. The molecule has 2 aromatic heterocycles. The Morgan fingerprint density at radius 2 is 2.18 bits per heavy atom. The summed E-state index contributed by atoms with van der Waals surface area (Å²) in [6.07, 6.45) is 1.57. The maximum atomic E-state index is 10.2. The van der Waals surface area contributed by atoms with Crippen LogP contribution in [-0.4, -0.2) is 10.1 Å². The third-order valence-electron chi connectivity index (χ3n) is 2.81. The molecule has 2 aromatic rings. The van der Waals surface area contributed by atoms with Gasteiger partial charge in [-0.1, -0.05) is 6.92 Å². The lowest BCUT2D eigenvalue weighted by Crippen LogP contribution is -2.06. The van der Waals surface area contributed by atoms with Crippen molar-refractivity contribution >= 4 is 5.82 Å². The van der Waals surface area contributed by atoms with E-state index in [0.29, 0.717) is 17.1 Å². The predicted octanol–water partition coefficient (Wildman–Crippen LogP) is 2.21. The first-order valence-corrected chi connectivity index (χ1v) is 5.61. The number of aliphatic hydroxyl groups excluding tert-OH is 1. The predicted molar refractivity (Wildman–Crippen MR) is 65.5 cm³/mol. The molecule has 0 aliphatic carbocycles. The van der Waals surface area contributed by atoms with Gasteiger partial charge in [-0.3, -0.25) is 0 Å². The summed E-state index contributed by atoms with van der Waals surface area (Å²) in [6, 6.07) is 5.45. The first kappa shape index (κ1) is 11.7. The molecule has 0 aromatic carbocycles. The summed E-state index contributed by atoms with van der Waals surface area (Å²) in [5, 5.41) is 10.2. The summed E-state index contributed by atoms with van der Waals surface area (Å²) >= 11 is 0. The largest absolute Gasteiger partial charge is 0.463 e. The van der Waals surface area contributed by atoms with Crippen LogP contribution in [0.2, 0.25) is 0 Å². The number of hydrogen-bond acceptors (Lipinski definition) is 4. The molecule has 2 rings (SSSR count). The molecule has 0 spiro atoms. The van der Waals surface area contributed by atoms with Crippen LogP contribution in [0.4, 0.5) is 5.82 Å². The molecule has 0 radical (unpaired) electrons. The number of hydrogen-bond donors (Lipinski definition) is 2.